The van der Waals surface area contributed by atoms with E-state index in [1.807, 2.05) is 13.0 Å². The Labute approximate surface area is 121 Å². The van der Waals surface area contributed by atoms with Gasteiger partial charge in [-0.05, 0) is 25.5 Å². The maximum Gasteiger partial charge on any atom is 0.258 e. The summed E-state index contributed by atoms with van der Waals surface area (Å²) >= 11 is 1.44. The van der Waals surface area contributed by atoms with Gasteiger partial charge in [0.25, 0.3) is 5.91 Å². The van der Waals surface area contributed by atoms with E-state index in [4.69, 9.17) is 10.6 Å². The van der Waals surface area contributed by atoms with Crippen LogP contribution in [0.25, 0.3) is 0 Å². The number of aliphatic imine (C=N–C) groups is 1. The zero-order chi connectivity index (χ0) is 14.4. The Hall–Kier alpha value is -1.44. The number of nitrogens with two attached hydrogens (primary N) is 1. The van der Waals surface area contributed by atoms with Crippen LogP contribution in [0.15, 0.2) is 16.1 Å². The lowest BCUT2D eigenvalue weighted by molar-refractivity contribution is -0.128. The number of carbonyl (C=O) groups is 1. The molecule has 7 heteroatoms. The average molecular weight is 292 g/mol. The number of methoxy groups -OCH3 is 1. The summed E-state index contributed by atoms with van der Waals surface area (Å²) in [7, 11) is 1.66. The molecule has 2 N–H and O–H groups in total. The molecule has 0 saturated heterocycles. The summed E-state index contributed by atoms with van der Waals surface area (Å²) in [5.41, 5.74) is 2.97. The lowest BCUT2D eigenvalue weighted by Crippen LogP contribution is -2.50. The number of amides is 1. The van der Waals surface area contributed by atoms with Crippen molar-refractivity contribution in [3.05, 3.63) is 22.9 Å². The number of carbonyl (C=O) groups excluding carboxylic acids is 1. The van der Waals surface area contributed by atoms with Gasteiger partial charge in [-0.25, -0.2) is 15.8 Å². The molecule has 0 saturated carbocycles. The standard InChI is InChI=1S/C13H16N4O2S/c1-6-4-8(5-19-3)9-10-11(20-12(9)15-6)13(18)17(14)7(2)16-10/h4,10-11H,5,14H2,1-3H3/t10-,11-/m1/s1. The Morgan fingerprint density at radius 2 is 2.25 bits per heavy atom. The molecule has 1 aromatic rings. The van der Waals surface area contributed by atoms with Crippen LogP contribution in [0.3, 0.4) is 0 Å². The van der Waals surface area contributed by atoms with E-state index >= 15 is 0 Å². The molecule has 106 valence electrons. The van der Waals surface area contributed by atoms with E-state index in [-0.39, 0.29) is 17.2 Å². The Balaban J connectivity index is 2.13. The second-order valence-electron chi connectivity index (χ2n) is 4.94. The van der Waals surface area contributed by atoms with Crippen molar-refractivity contribution in [2.45, 2.75) is 36.8 Å². The monoisotopic (exact) mass is 292 g/mol. The molecule has 0 bridgehead atoms. The van der Waals surface area contributed by atoms with Crippen molar-refractivity contribution < 1.29 is 9.53 Å². The second kappa shape index (κ2) is 4.83. The van der Waals surface area contributed by atoms with E-state index in [9.17, 15) is 4.79 Å². The number of fused-ring (bicyclic) bond motifs is 3. The first kappa shape index (κ1) is 13.5. The van der Waals surface area contributed by atoms with Crippen LogP contribution in [-0.4, -0.2) is 34.1 Å². The highest BCUT2D eigenvalue weighted by molar-refractivity contribution is 8.01. The quantitative estimate of drug-likeness (QED) is 0.654. The number of hydrogen-bond acceptors (Lipinski definition) is 6. The smallest absolute Gasteiger partial charge is 0.258 e. The van der Waals surface area contributed by atoms with Crippen LogP contribution in [0.2, 0.25) is 0 Å². The minimum atomic E-state index is -0.316. The summed E-state index contributed by atoms with van der Waals surface area (Å²) in [6.07, 6.45) is 0. The Bertz CT molecular complexity index is 617. The van der Waals surface area contributed by atoms with Gasteiger partial charge in [-0.2, -0.15) is 0 Å². The first-order valence-corrected chi connectivity index (χ1v) is 7.20. The summed E-state index contributed by atoms with van der Waals surface area (Å²) in [5.74, 6) is 6.15. The van der Waals surface area contributed by atoms with Crippen LogP contribution in [-0.2, 0) is 16.1 Å². The van der Waals surface area contributed by atoms with Crippen LogP contribution in [0.4, 0.5) is 0 Å². The van der Waals surface area contributed by atoms with E-state index in [0.29, 0.717) is 12.4 Å². The number of hydrazine groups is 1. The largest absolute Gasteiger partial charge is 0.380 e. The summed E-state index contributed by atoms with van der Waals surface area (Å²) in [6.45, 7) is 4.17. The Morgan fingerprint density at radius 3 is 2.95 bits per heavy atom. The molecule has 0 spiro atoms. The van der Waals surface area contributed by atoms with Gasteiger partial charge < -0.3 is 4.74 Å². The number of hydrogen-bond donors (Lipinski definition) is 1. The highest BCUT2D eigenvalue weighted by Crippen LogP contribution is 2.48. The van der Waals surface area contributed by atoms with Gasteiger partial charge in [0.2, 0.25) is 0 Å². The Morgan fingerprint density at radius 1 is 1.50 bits per heavy atom. The molecular weight excluding hydrogens is 276 g/mol. The average Bonchev–Trinajstić information content (AvgIpc) is 2.75. The predicted octanol–water partition coefficient (Wildman–Crippen LogP) is 1.19. The van der Waals surface area contributed by atoms with Gasteiger partial charge in [-0.3, -0.25) is 9.79 Å². The van der Waals surface area contributed by atoms with Gasteiger partial charge in [0, 0.05) is 18.4 Å². The molecule has 0 unspecified atom stereocenters. The molecule has 1 aromatic heterocycles. The second-order valence-corrected chi connectivity index (χ2v) is 6.07. The van der Waals surface area contributed by atoms with Crippen LogP contribution in [0, 0.1) is 6.92 Å². The van der Waals surface area contributed by atoms with Crippen molar-refractivity contribution in [3.8, 4) is 0 Å². The fourth-order valence-corrected chi connectivity index (χ4v) is 3.97. The van der Waals surface area contributed by atoms with Gasteiger partial charge in [-0.15, -0.1) is 0 Å². The van der Waals surface area contributed by atoms with E-state index in [2.05, 4.69) is 9.98 Å². The molecule has 2 aliphatic rings. The van der Waals surface area contributed by atoms with Crippen LogP contribution >= 0.6 is 11.8 Å². The SMILES string of the molecule is COCc1cc(C)nc2c1[C@H]1N=C(C)N(N)C(=O)[C@@H]1S2. The Kier molecular flexibility index (Phi) is 3.27. The molecule has 0 radical (unpaired) electrons. The summed E-state index contributed by atoms with van der Waals surface area (Å²) in [4.78, 5) is 21.4. The molecule has 2 atom stereocenters. The van der Waals surface area contributed by atoms with Crippen LogP contribution in [0.5, 0.6) is 0 Å². The molecular formula is C13H16N4O2S. The number of aromatic nitrogens is 1. The maximum atomic E-state index is 12.3. The van der Waals surface area contributed by atoms with E-state index in [1.165, 1.54) is 11.8 Å². The number of amidine groups is 1. The van der Waals surface area contributed by atoms with E-state index in [0.717, 1.165) is 26.9 Å². The summed E-state index contributed by atoms with van der Waals surface area (Å²) in [6, 6.07) is 1.79. The number of thioether (sulfide) groups is 1. The van der Waals surface area contributed by atoms with Crippen molar-refractivity contribution in [1.82, 2.24) is 9.99 Å². The number of rotatable bonds is 2. The molecule has 3 heterocycles. The third kappa shape index (κ3) is 1.93. The van der Waals surface area contributed by atoms with Gasteiger partial charge in [0.1, 0.15) is 22.2 Å². The van der Waals surface area contributed by atoms with Crippen molar-refractivity contribution in [2.24, 2.45) is 10.8 Å². The third-order valence-electron chi connectivity index (χ3n) is 3.51. The maximum absolute atomic E-state index is 12.3. The topological polar surface area (TPSA) is 80.8 Å². The van der Waals surface area contributed by atoms with Gasteiger partial charge in [0.15, 0.2) is 0 Å². The lowest BCUT2D eigenvalue weighted by Gasteiger charge is -2.28. The predicted molar refractivity (Wildman–Crippen MR) is 76.2 cm³/mol. The van der Waals surface area contributed by atoms with Gasteiger partial charge in [0.05, 0.1) is 6.61 Å². The minimum Gasteiger partial charge on any atom is -0.380 e. The van der Waals surface area contributed by atoms with Crippen molar-refractivity contribution >= 4 is 23.5 Å². The highest BCUT2D eigenvalue weighted by atomic mass is 32.2. The molecule has 0 aliphatic carbocycles. The lowest BCUT2D eigenvalue weighted by atomic mass is 9.98. The van der Waals surface area contributed by atoms with Crippen molar-refractivity contribution in [3.63, 3.8) is 0 Å². The number of aryl methyl sites for hydroxylation is 1. The third-order valence-corrected chi connectivity index (χ3v) is 4.76. The van der Waals surface area contributed by atoms with Gasteiger partial charge in [-0.1, -0.05) is 11.8 Å². The molecule has 3 rings (SSSR count). The normalized spacial score (nSPS) is 24.5. The number of pyridine rings is 1. The molecule has 0 aromatic carbocycles. The molecule has 2 aliphatic heterocycles. The molecule has 20 heavy (non-hydrogen) atoms. The minimum absolute atomic E-state index is 0.119. The van der Waals surface area contributed by atoms with Gasteiger partial charge >= 0.3 is 0 Å². The fourth-order valence-electron chi connectivity index (χ4n) is 2.61. The van der Waals surface area contributed by atoms with Crippen molar-refractivity contribution in [1.29, 1.82) is 0 Å². The molecule has 6 nitrogen and oxygen atoms in total. The van der Waals surface area contributed by atoms with Crippen molar-refractivity contribution in [2.75, 3.05) is 7.11 Å². The zero-order valence-electron chi connectivity index (χ0n) is 11.6. The first-order valence-electron chi connectivity index (χ1n) is 6.32. The molecule has 0 fully saturated rings. The first-order chi connectivity index (χ1) is 9.52. The fraction of sp³-hybridized carbons (Fsp3) is 0.462. The summed E-state index contributed by atoms with van der Waals surface area (Å²) in [5, 5.41) is 1.68. The highest BCUT2D eigenvalue weighted by Gasteiger charge is 2.45. The van der Waals surface area contributed by atoms with Crippen LogP contribution in [0.1, 0.15) is 29.8 Å². The number of ether oxygens (including phenoxy) is 1. The van der Waals surface area contributed by atoms with E-state index < -0.39 is 0 Å². The zero-order valence-corrected chi connectivity index (χ0v) is 12.4. The van der Waals surface area contributed by atoms with E-state index in [1.54, 1.807) is 14.0 Å². The van der Waals surface area contributed by atoms with Crippen LogP contribution < -0.4 is 5.84 Å². The molecule has 1 amide bonds. The summed E-state index contributed by atoms with van der Waals surface area (Å²) < 4.78 is 5.26. The number of nitrogens with zero attached hydrogens (tertiary/aromatic N) is 3.